The molecule has 0 atom stereocenters. The van der Waals surface area contributed by atoms with Gasteiger partial charge in [-0.05, 0) is 36.4 Å². The summed E-state index contributed by atoms with van der Waals surface area (Å²) in [6, 6.07) is 9.63. The second-order valence-electron chi connectivity index (χ2n) is 7.49. The van der Waals surface area contributed by atoms with E-state index in [2.05, 4.69) is 61.4 Å². The van der Waals surface area contributed by atoms with Gasteiger partial charge in [0, 0.05) is 31.9 Å². The Morgan fingerprint density at radius 2 is 1.35 bits per heavy atom. The number of carbonyl (C=O) groups is 2. The maximum Gasteiger partial charge on any atom is 2.00 e. The molecule has 0 aromatic carbocycles. The molecule has 0 aliphatic rings. The van der Waals surface area contributed by atoms with Crippen molar-refractivity contribution in [1.29, 1.82) is 0 Å². The first-order chi connectivity index (χ1) is 20.6. The number of carbonyl (C=O) groups excluding carboxylic acids is 2. The molecule has 0 amide bonds. The van der Waals surface area contributed by atoms with Crippen molar-refractivity contribution in [1.82, 2.24) is 70.8 Å². The number of esters is 2. The minimum absolute atomic E-state index is 0. The Hall–Kier alpha value is -5.62. The van der Waals surface area contributed by atoms with Crippen molar-refractivity contribution in [3.05, 3.63) is 72.3 Å². The summed E-state index contributed by atoms with van der Waals surface area (Å²) >= 11 is 0. The zero-order chi connectivity index (χ0) is 29.9. The van der Waals surface area contributed by atoms with Crippen molar-refractivity contribution in [2.45, 2.75) is 0 Å². The average Bonchev–Trinajstić information content (AvgIpc) is 3.88. The number of ether oxygens (including phenoxy) is 2. The maximum absolute atomic E-state index is 11.7. The first kappa shape index (κ1) is 31.9. The van der Waals surface area contributed by atoms with Gasteiger partial charge < -0.3 is 24.8 Å². The van der Waals surface area contributed by atoms with E-state index in [9.17, 15) is 9.59 Å². The second kappa shape index (κ2) is 15.4. The third-order valence-corrected chi connectivity index (χ3v) is 5.04. The van der Waals surface area contributed by atoms with Crippen LogP contribution in [0, 0.1) is 0 Å². The van der Waals surface area contributed by atoms with Crippen molar-refractivity contribution in [2.75, 3.05) is 21.3 Å². The van der Waals surface area contributed by atoms with Gasteiger partial charge in [0.25, 0.3) is 0 Å². The fourth-order valence-electron chi connectivity index (χ4n) is 3.27. The number of rotatable bonds is 6. The molecule has 0 radical (unpaired) electrons. The van der Waals surface area contributed by atoms with Gasteiger partial charge in [-0.25, -0.2) is 34.0 Å². The van der Waals surface area contributed by atoms with Crippen LogP contribution in [0.4, 0.5) is 0 Å². The molecule has 0 bridgehead atoms. The van der Waals surface area contributed by atoms with E-state index in [0.717, 1.165) is 7.11 Å². The Morgan fingerprint density at radius 1 is 0.791 bits per heavy atom. The number of hydrogen-bond donors (Lipinski definition) is 1. The molecule has 0 spiro atoms. The molecule has 6 heterocycles. The molecule has 214 valence electrons. The van der Waals surface area contributed by atoms with Crippen LogP contribution in [0.3, 0.4) is 0 Å². The molecule has 6 rings (SSSR count). The summed E-state index contributed by atoms with van der Waals surface area (Å²) in [6.07, 6.45) is 6.62. The fourth-order valence-corrected chi connectivity index (χ4v) is 3.27. The summed E-state index contributed by atoms with van der Waals surface area (Å²) < 4.78 is 12.5. The van der Waals surface area contributed by atoms with Crippen molar-refractivity contribution in [2.24, 2.45) is 0 Å². The van der Waals surface area contributed by atoms with Crippen LogP contribution in [0.2, 0.25) is 0 Å². The number of aliphatic hydroxyl groups is 1. The second-order valence-corrected chi connectivity index (χ2v) is 7.49. The first-order valence-electron chi connectivity index (χ1n) is 11.6. The molecule has 0 saturated heterocycles. The maximum atomic E-state index is 11.7. The Bertz CT molecular complexity index is 1480. The number of hydrogen-bond acceptors (Lipinski definition) is 15. The molecule has 43 heavy (non-hydrogen) atoms. The van der Waals surface area contributed by atoms with Crippen molar-refractivity contribution < 1.29 is 43.6 Å². The van der Waals surface area contributed by atoms with E-state index >= 15 is 0 Å². The number of tetrazole rings is 2. The van der Waals surface area contributed by atoms with E-state index in [0.29, 0.717) is 34.2 Å². The minimum atomic E-state index is -0.491. The summed E-state index contributed by atoms with van der Waals surface area (Å²) in [5, 5.41) is 43.6. The number of pyridine rings is 2. The smallest absolute Gasteiger partial charge is 0.465 e. The van der Waals surface area contributed by atoms with E-state index in [-0.39, 0.29) is 31.1 Å². The van der Waals surface area contributed by atoms with Gasteiger partial charge in [0.2, 0.25) is 0 Å². The number of nitrogens with zero attached hydrogens (tertiary/aromatic N) is 14. The molecular formula is C23H20N14O5Zn. The monoisotopic (exact) mass is 636 g/mol. The van der Waals surface area contributed by atoms with Crippen LogP contribution in [0.1, 0.15) is 20.7 Å². The van der Waals surface area contributed by atoms with Gasteiger partial charge in [-0.3, -0.25) is 20.7 Å². The van der Waals surface area contributed by atoms with Crippen LogP contribution in [0.5, 0.6) is 0 Å². The molecule has 0 saturated carbocycles. The SMILES string of the molecule is CO.COC(=O)c1cc(-c2nn[n-]n2)nc(-n2cccn2)c1.COC(=O)c1cc(-c2nnn[n-]2)nc(-n2cccn2)c1.[Zn+2]. The van der Waals surface area contributed by atoms with Gasteiger partial charge in [-0.15, -0.1) is 0 Å². The van der Waals surface area contributed by atoms with Crippen LogP contribution in [-0.2, 0) is 29.0 Å². The zero-order valence-electron chi connectivity index (χ0n) is 22.8. The Balaban J connectivity index is 0.000000218. The quantitative estimate of drug-likeness (QED) is 0.176. The van der Waals surface area contributed by atoms with Crippen molar-refractivity contribution >= 4 is 11.9 Å². The van der Waals surface area contributed by atoms with Gasteiger partial charge >= 0.3 is 31.4 Å². The Labute approximate surface area is 254 Å². The van der Waals surface area contributed by atoms with Crippen molar-refractivity contribution in [3.8, 4) is 34.7 Å². The summed E-state index contributed by atoms with van der Waals surface area (Å²) in [5.41, 5.74) is 1.35. The van der Waals surface area contributed by atoms with Crippen LogP contribution < -0.4 is 10.3 Å². The molecular weight excluding hydrogens is 618 g/mol. The summed E-state index contributed by atoms with van der Waals surface area (Å²) in [7, 11) is 3.61. The summed E-state index contributed by atoms with van der Waals surface area (Å²) in [6.45, 7) is 0. The van der Waals surface area contributed by atoms with Crippen LogP contribution in [-0.4, -0.2) is 98.8 Å². The number of aromatic nitrogens is 14. The third kappa shape index (κ3) is 7.77. The normalized spacial score (nSPS) is 9.86. The molecule has 6 aromatic heterocycles. The Kier molecular flexibility index (Phi) is 11.4. The molecule has 0 aliphatic carbocycles. The topological polar surface area (TPSA) is 240 Å². The van der Waals surface area contributed by atoms with Crippen LogP contribution in [0.25, 0.3) is 34.7 Å². The Morgan fingerprint density at radius 3 is 1.79 bits per heavy atom. The summed E-state index contributed by atoms with van der Waals surface area (Å²) in [4.78, 5) is 32.1. The van der Waals surface area contributed by atoms with Gasteiger partial charge in [-0.2, -0.15) is 15.4 Å². The molecule has 0 aliphatic heterocycles. The first-order valence-corrected chi connectivity index (χ1v) is 11.6. The number of aliphatic hydroxyl groups excluding tert-OH is 1. The van der Waals surface area contributed by atoms with Crippen LogP contribution in [0.15, 0.2) is 61.2 Å². The van der Waals surface area contributed by atoms with Gasteiger partial charge in [0.1, 0.15) is 0 Å². The zero-order valence-corrected chi connectivity index (χ0v) is 25.8. The van der Waals surface area contributed by atoms with Gasteiger partial charge in [0.05, 0.1) is 48.4 Å². The number of methoxy groups -OCH3 is 2. The van der Waals surface area contributed by atoms with E-state index in [1.54, 1.807) is 49.1 Å². The molecule has 6 aromatic rings. The van der Waals surface area contributed by atoms with E-state index < -0.39 is 11.9 Å². The average molecular weight is 638 g/mol. The molecule has 20 heteroatoms. The third-order valence-electron chi connectivity index (χ3n) is 5.04. The van der Waals surface area contributed by atoms with Crippen molar-refractivity contribution in [3.63, 3.8) is 0 Å². The fraction of sp³-hybridized carbons (Fsp3) is 0.130. The standard InChI is InChI=1S/2C11H8N7O2.CH4O.Zn/c2*1-20-11(19)7-5-8(10-14-16-17-15-10)13-9(6-7)18-4-2-3-12-18;1-2;/h2*2-6H,1H3;2H,1H3;/q2*-1;;+2. The minimum Gasteiger partial charge on any atom is -0.465 e. The molecule has 19 nitrogen and oxygen atoms in total. The van der Waals surface area contributed by atoms with E-state index in [1.807, 2.05) is 0 Å². The predicted octanol–water partition coefficient (Wildman–Crippen LogP) is -0.668. The largest absolute Gasteiger partial charge is 2.00 e. The van der Waals surface area contributed by atoms with E-state index in [1.165, 1.54) is 35.7 Å². The molecule has 0 fully saturated rings. The summed E-state index contributed by atoms with van der Waals surface area (Å²) in [5.74, 6) is 0.354. The molecule has 1 N–H and O–H groups in total. The van der Waals surface area contributed by atoms with Gasteiger partial charge in [0.15, 0.2) is 11.6 Å². The predicted molar refractivity (Wildman–Crippen MR) is 138 cm³/mol. The van der Waals surface area contributed by atoms with Crippen LogP contribution >= 0.6 is 0 Å². The van der Waals surface area contributed by atoms with E-state index in [4.69, 9.17) is 14.6 Å². The molecule has 0 unspecified atom stereocenters. The van der Waals surface area contributed by atoms with Gasteiger partial charge in [-0.1, -0.05) is 0 Å².